The monoisotopic (exact) mass is 631 g/mol. The number of nitrogens with one attached hydrogen (secondary N) is 1. The third kappa shape index (κ3) is 8.92. The molecule has 4 aromatic carbocycles. The van der Waals surface area contributed by atoms with Gasteiger partial charge in [0.2, 0.25) is 11.8 Å². The highest BCUT2D eigenvalue weighted by atomic mass is 32.2. The molecule has 236 valence electrons. The second-order valence-electron chi connectivity index (χ2n) is 11.2. The number of para-hydroxylation sites is 1. The van der Waals surface area contributed by atoms with Crippen molar-refractivity contribution in [3.05, 3.63) is 120 Å². The van der Waals surface area contributed by atoms with Crippen molar-refractivity contribution in [2.75, 3.05) is 17.4 Å². The van der Waals surface area contributed by atoms with Crippen molar-refractivity contribution in [3.8, 4) is 11.5 Å². The topological polar surface area (TPSA) is 96.0 Å². The first kappa shape index (κ1) is 33.2. The molecule has 8 nitrogen and oxygen atoms in total. The van der Waals surface area contributed by atoms with Gasteiger partial charge in [-0.15, -0.1) is 0 Å². The Morgan fingerprint density at radius 1 is 0.822 bits per heavy atom. The molecule has 0 saturated carbocycles. The minimum atomic E-state index is -4.22. The summed E-state index contributed by atoms with van der Waals surface area (Å²) in [6.45, 7) is 7.14. The van der Waals surface area contributed by atoms with Crippen LogP contribution < -0.4 is 14.4 Å². The smallest absolute Gasteiger partial charge is 0.264 e. The molecule has 0 aromatic heterocycles. The largest absolute Gasteiger partial charge is 0.457 e. The Hall–Kier alpha value is -4.70. The van der Waals surface area contributed by atoms with Gasteiger partial charge in [-0.25, -0.2) is 12.8 Å². The minimum absolute atomic E-state index is 0.0123. The van der Waals surface area contributed by atoms with Crippen molar-refractivity contribution >= 4 is 27.5 Å². The fraction of sp³-hybridized carbons (Fsp3) is 0.257. The maximum atomic E-state index is 14.1. The lowest BCUT2D eigenvalue weighted by molar-refractivity contribution is -0.139. The van der Waals surface area contributed by atoms with E-state index in [0.717, 1.165) is 9.87 Å². The van der Waals surface area contributed by atoms with E-state index in [0.29, 0.717) is 23.6 Å². The van der Waals surface area contributed by atoms with E-state index in [9.17, 15) is 22.4 Å². The highest BCUT2D eigenvalue weighted by molar-refractivity contribution is 7.92. The molecule has 0 aliphatic rings. The van der Waals surface area contributed by atoms with Gasteiger partial charge >= 0.3 is 0 Å². The number of aryl methyl sites for hydroxylation is 1. The Kier molecular flexibility index (Phi) is 11.0. The number of anilines is 1. The molecule has 10 heteroatoms. The van der Waals surface area contributed by atoms with Gasteiger partial charge in [0, 0.05) is 13.1 Å². The highest BCUT2D eigenvalue weighted by Crippen LogP contribution is 2.29. The second kappa shape index (κ2) is 14.9. The van der Waals surface area contributed by atoms with Gasteiger partial charge < -0.3 is 15.0 Å². The molecule has 45 heavy (non-hydrogen) atoms. The molecule has 0 aliphatic heterocycles. The molecule has 0 radical (unpaired) electrons. The van der Waals surface area contributed by atoms with Gasteiger partial charge in [0.15, 0.2) is 0 Å². The molecule has 1 atom stereocenters. The van der Waals surface area contributed by atoms with E-state index in [1.54, 1.807) is 55.5 Å². The van der Waals surface area contributed by atoms with Crippen LogP contribution in [0.5, 0.6) is 11.5 Å². The predicted molar refractivity (Wildman–Crippen MR) is 173 cm³/mol. The third-order valence-corrected chi connectivity index (χ3v) is 8.90. The van der Waals surface area contributed by atoms with Crippen molar-refractivity contribution in [3.63, 3.8) is 0 Å². The highest BCUT2D eigenvalue weighted by Gasteiger charge is 2.32. The summed E-state index contributed by atoms with van der Waals surface area (Å²) >= 11 is 0. The third-order valence-electron chi connectivity index (χ3n) is 7.11. The standard InChI is InChI=1S/C35H38FN3O5S/c1-25(2)22-37-35(41)27(4)38(23-28-12-14-29(36)15-13-28)34(40)24-39(45(42,43)33-20-10-26(3)11-21-33)30-16-18-32(19-17-30)44-31-8-6-5-7-9-31/h5-21,25,27H,22-24H2,1-4H3,(H,37,41). The maximum absolute atomic E-state index is 14.1. The molecule has 2 amide bonds. The first-order chi connectivity index (χ1) is 21.4. The fourth-order valence-electron chi connectivity index (χ4n) is 4.49. The molecule has 4 aromatic rings. The average molecular weight is 632 g/mol. The quantitative estimate of drug-likeness (QED) is 0.187. The molecular weight excluding hydrogens is 593 g/mol. The Bertz CT molecular complexity index is 1680. The Labute approximate surface area is 264 Å². The molecule has 0 spiro atoms. The molecule has 0 saturated heterocycles. The van der Waals surface area contributed by atoms with Crippen LogP contribution in [-0.4, -0.2) is 44.3 Å². The number of carbonyl (C=O) groups is 2. The molecule has 1 N–H and O–H groups in total. The lowest BCUT2D eigenvalue weighted by Gasteiger charge is -2.32. The van der Waals surface area contributed by atoms with Crippen LogP contribution in [0.4, 0.5) is 10.1 Å². The van der Waals surface area contributed by atoms with Crippen LogP contribution in [0, 0.1) is 18.7 Å². The zero-order valence-corrected chi connectivity index (χ0v) is 26.6. The zero-order chi connectivity index (χ0) is 32.6. The van der Waals surface area contributed by atoms with E-state index in [4.69, 9.17) is 4.74 Å². The van der Waals surface area contributed by atoms with E-state index in [1.165, 1.54) is 41.3 Å². The number of sulfonamides is 1. The zero-order valence-electron chi connectivity index (χ0n) is 25.8. The number of hydrogen-bond donors (Lipinski definition) is 1. The van der Waals surface area contributed by atoms with Crippen LogP contribution >= 0.6 is 0 Å². The van der Waals surface area contributed by atoms with Gasteiger partial charge in [-0.3, -0.25) is 13.9 Å². The van der Waals surface area contributed by atoms with Crippen molar-refractivity contribution in [2.45, 2.75) is 45.2 Å². The maximum Gasteiger partial charge on any atom is 0.264 e. The summed E-state index contributed by atoms with van der Waals surface area (Å²) in [7, 11) is -4.22. The van der Waals surface area contributed by atoms with Crippen molar-refractivity contribution in [1.29, 1.82) is 0 Å². The lowest BCUT2D eigenvalue weighted by Crippen LogP contribution is -2.51. The van der Waals surface area contributed by atoms with E-state index < -0.39 is 34.3 Å². The Morgan fingerprint density at radius 3 is 2.02 bits per heavy atom. The van der Waals surface area contributed by atoms with Gasteiger partial charge in [-0.1, -0.05) is 61.9 Å². The van der Waals surface area contributed by atoms with Crippen LogP contribution in [0.2, 0.25) is 0 Å². The summed E-state index contributed by atoms with van der Waals surface area (Å²) in [5, 5.41) is 2.85. The van der Waals surface area contributed by atoms with Crippen LogP contribution in [0.25, 0.3) is 0 Å². The number of hydrogen-bond acceptors (Lipinski definition) is 5. The number of carbonyl (C=O) groups excluding carboxylic acids is 2. The minimum Gasteiger partial charge on any atom is -0.457 e. The molecular formula is C35H38FN3O5S. The van der Waals surface area contributed by atoms with Gasteiger partial charge in [-0.2, -0.15) is 0 Å². The molecule has 0 heterocycles. The molecule has 1 unspecified atom stereocenters. The van der Waals surface area contributed by atoms with Gasteiger partial charge in [0.05, 0.1) is 10.6 Å². The lowest BCUT2D eigenvalue weighted by atomic mass is 10.1. The summed E-state index contributed by atoms with van der Waals surface area (Å²) < 4.78 is 48.7. The van der Waals surface area contributed by atoms with E-state index in [1.807, 2.05) is 39.0 Å². The number of amides is 2. The number of ether oxygens (including phenoxy) is 1. The van der Waals surface area contributed by atoms with Crippen LogP contribution in [-0.2, 0) is 26.2 Å². The molecule has 0 fully saturated rings. The van der Waals surface area contributed by atoms with Gasteiger partial charge in [0.1, 0.15) is 29.9 Å². The van der Waals surface area contributed by atoms with Crippen LogP contribution in [0.1, 0.15) is 31.9 Å². The first-order valence-corrected chi connectivity index (χ1v) is 16.1. The first-order valence-electron chi connectivity index (χ1n) is 14.7. The fourth-order valence-corrected chi connectivity index (χ4v) is 5.91. The van der Waals surface area contributed by atoms with Crippen molar-refractivity contribution in [1.82, 2.24) is 10.2 Å². The van der Waals surface area contributed by atoms with Crippen molar-refractivity contribution in [2.24, 2.45) is 5.92 Å². The average Bonchev–Trinajstić information content (AvgIpc) is 3.03. The Balaban J connectivity index is 1.69. The second-order valence-corrected chi connectivity index (χ2v) is 13.1. The summed E-state index contributed by atoms with van der Waals surface area (Å²) in [6, 6.07) is 26.6. The predicted octanol–water partition coefficient (Wildman–Crippen LogP) is 6.31. The van der Waals surface area contributed by atoms with Gasteiger partial charge in [-0.05, 0) is 86.0 Å². The SMILES string of the molecule is Cc1ccc(S(=O)(=O)N(CC(=O)N(Cc2ccc(F)cc2)C(C)C(=O)NCC(C)C)c2ccc(Oc3ccccc3)cc2)cc1. The molecule has 0 bridgehead atoms. The van der Waals surface area contributed by atoms with Crippen LogP contribution in [0.15, 0.2) is 108 Å². The number of halogens is 1. The summed E-state index contributed by atoms with van der Waals surface area (Å²) in [5.74, 6) is -0.134. The van der Waals surface area contributed by atoms with E-state index in [-0.39, 0.29) is 29.0 Å². The Morgan fingerprint density at radius 2 is 1.42 bits per heavy atom. The van der Waals surface area contributed by atoms with Crippen molar-refractivity contribution < 1.29 is 27.1 Å². The summed E-state index contributed by atoms with van der Waals surface area (Å²) in [6.07, 6.45) is 0. The van der Waals surface area contributed by atoms with Crippen LogP contribution in [0.3, 0.4) is 0 Å². The number of rotatable bonds is 13. The van der Waals surface area contributed by atoms with Gasteiger partial charge in [0.25, 0.3) is 10.0 Å². The normalized spacial score (nSPS) is 12.0. The number of nitrogens with zero attached hydrogens (tertiary/aromatic N) is 2. The summed E-state index contributed by atoms with van der Waals surface area (Å²) in [4.78, 5) is 28.5. The van der Waals surface area contributed by atoms with E-state index in [2.05, 4.69) is 5.32 Å². The van der Waals surface area contributed by atoms with E-state index >= 15 is 0 Å². The number of benzene rings is 4. The molecule has 0 aliphatic carbocycles. The summed E-state index contributed by atoms with van der Waals surface area (Å²) in [5.41, 5.74) is 1.71. The molecule has 4 rings (SSSR count).